The Morgan fingerprint density at radius 2 is 0.811 bits per heavy atom. The van der Waals surface area contributed by atoms with E-state index < -0.39 is 0 Å². The van der Waals surface area contributed by atoms with Gasteiger partial charge in [-0.2, -0.15) is 0 Å². The number of aromatic nitrogens is 1. The van der Waals surface area contributed by atoms with Crippen molar-refractivity contribution < 1.29 is 0 Å². The van der Waals surface area contributed by atoms with Crippen LogP contribution in [-0.4, -0.2) is 4.57 Å². The van der Waals surface area contributed by atoms with Crippen LogP contribution in [0.4, 0.5) is 17.1 Å². The molecule has 0 saturated heterocycles. The zero-order chi connectivity index (χ0) is 63.8. The highest BCUT2D eigenvalue weighted by atomic mass is 15.1. The molecule has 0 spiro atoms. The summed E-state index contributed by atoms with van der Waals surface area (Å²) in [7, 11) is 0. The molecule has 0 unspecified atom stereocenters. The highest BCUT2D eigenvalue weighted by Gasteiger charge is 2.42. The quantitative estimate of drug-likeness (QED) is 0.0518. The maximum atomic E-state index is 2.63. The summed E-state index contributed by atoms with van der Waals surface area (Å²) in [6, 6.07) is 91.4. The van der Waals surface area contributed by atoms with E-state index in [2.05, 4.69) is 267 Å². The molecule has 12 aromatic carbocycles. The molecule has 1 aromatic heterocycles. The molecule has 472 valence electrons. The van der Waals surface area contributed by atoms with Crippen LogP contribution < -0.4 is 4.90 Å². The van der Waals surface area contributed by atoms with E-state index in [0.717, 1.165) is 23.5 Å². The first-order valence-corrected chi connectivity index (χ1v) is 36.4. The van der Waals surface area contributed by atoms with Crippen molar-refractivity contribution >= 4 is 60.4 Å². The van der Waals surface area contributed by atoms with Gasteiger partial charge in [0.2, 0.25) is 0 Å². The van der Waals surface area contributed by atoms with E-state index in [0.29, 0.717) is 0 Å². The monoisotopic (exact) mass is 1230 g/mol. The zero-order valence-corrected chi connectivity index (χ0v) is 56.3. The van der Waals surface area contributed by atoms with Crippen LogP contribution in [0.5, 0.6) is 0 Å². The van der Waals surface area contributed by atoms with Crippen LogP contribution in [0, 0.1) is 13.8 Å². The van der Waals surface area contributed by atoms with Crippen molar-refractivity contribution in [2.75, 3.05) is 4.90 Å². The Balaban J connectivity index is 0.675. The van der Waals surface area contributed by atoms with Gasteiger partial charge >= 0.3 is 0 Å². The van der Waals surface area contributed by atoms with E-state index in [1.807, 2.05) is 0 Å². The van der Waals surface area contributed by atoms with Crippen LogP contribution >= 0.6 is 0 Å². The average molecular weight is 1240 g/mol. The molecule has 13 aromatic rings. The first-order valence-electron chi connectivity index (χ1n) is 36.4. The minimum atomic E-state index is -0.0412. The fourth-order valence-corrected chi connectivity index (χ4v) is 17.2. The maximum absolute atomic E-state index is 2.63. The predicted molar refractivity (Wildman–Crippen MR) is 406 cm³/mol. The Morgan fingerprint density at radius 1 is 0.347 bits per heavy atom. The third-order valence-electron chi connectivity index (χ3n) is 22.5. The molecule has 2 heteroatoms. The van der Waals surface area contributed by atoms with Gasteiger partial charge in [0.05, 0.1) is 11.0 Å². The summed E-state index contributed by atoms with van der Waals surface area (Å²) in [6.45, 7) is 6.78. The number of aryl methyl sites for hydroxylation is 9. The molecule has 1 heterocycles. The van der Waals surface area contributed by atoms with Gasteiger partial charge in [0.1, 0.15) is 0 Å². The lowest BCUT2D eigenvalue weighted by molar-refractivity contribution is 0.399. The van der Waals surface area contributed by atoms with Gasteiger partial charge in [-0.05, 0) is 263 Å². The highest BCUT2D eigenvalue weighted by molar-refractivity contribution is 6.10. The number of nitrogens with zero attached hydrogens (tertiary/aromatic N) is 2. The summed E-state index contributed by atoms with van der Waals surface area (Å²) in [5.41, 5.74) is 31.6. The molecular weight excluding hydrogens is 1150 g/mol. The van der Waals surface area contributed by atoms with E-state index in [-0.39, 0.29) is 5.41 Å². The predicted octanol–water partition coefficient (Wildman–Crippen LogP) is 25.5. The largest absolute Gasteiger partial charge is 0.311 e. The van der Waals surface area contributed by atoms with E-state index in [1.165, 1.54) is 228 Å². The van der Waals surface area contributed by atoms with Crippen LogP contribution in [0.1, 0.15) is 158 Å². The van der Waals surface area contributed by atoms with Crippen molar-refractivity contribution in [3.63, 3.8) is 0 Å². The van der Waals surface area contributed by atoms with Gasteiger partial charge in [-0.15, -0.1) is 0 Å². The number of rotatable bonds is 25. The van der Waals surface area contributed by atoms with Crippen LogP contribution in [0.25, 0.3) is 82.4 Å². The number of hydrogen-bond acceptors (Lipinski definition) is 1. The first-order chi connectivity index (χ1) is 46.9. The molecule has 3 aliphatic rings. The van der Waals surface area contributed by atoms with Crippen molar-refractivity contribution in [1.29, 1.82) is 0 Å². The molecule has 0 saturated carbocycles. The number of benzene rings is 12. The molecule has 0 bridgehead atoms. The number of anilines is 3. The summed E-state index contributed by atoms with van der Waals surface area (Å²) in [5.74, 6) is 0. The van der Waals surface area contributed by atoms with Crippen molar-refractivity contribution in [2.24, 2.45) is 0 Å². The summed E-state index contributed by atoms with van der Waals surface area (Å²) in [6.07, 6.45) is 25.9. The van der Waals surface area contributed by atoms with Gasteiger partial charge in [-0.25, -0.2) is 0 Å². The molecular formula is C93H90N2. The zero-order valence-electron chi connectivity index (χ0n) is 56.3. The minimum Gasteiger partial charge on any atom is -0.311 e. The average Bonchev–Trinajstić information content (AvgIpc) is 1.60. The lowest BCUT2D eigenvalue weighted by Crippen LogP contribution is -2.25. The molecule has 0 N–H and O–H groups in total. The Kier molecular flexibility index (Phi) is 16.9. The number of para-hydroxylation sites is 1. The van der Waals surface area contributed by atoms with Crippen LogP contribution in [-0.2, 0) is 50.4 Å². The van der Waals surface area contributed by atoms with Gasteiger partial charge in [0.15, 0.2) is 0 Å². The van der Waals surface area contributed by atoms with Crippen LogP contribution in [0.15, 0.2) is 237 Å². The molecule has 95 heavy (non-hydrogen) atoms. The van der Waals surface area contributed by atoms with Crippen molar-refractivity contribution in [3.8, 4) is 39.1 Å². The topological polar surface area (TPSA) is 8.17 Å². The van der Waals surface area contributed by atoms with Gasteiger partial charge in [0.25, 0.3) is 0 Å². The summed E-state index contributed by atoms with van der Waals surface area (Å²) < 4.78 is 2.46. The van der Waals surface area contributed by atoms with E-state index in [1.54, 1.807) is 44.5 Å². The van der Waals surface area contributed by atoms with E-state index >= 15 is 0 Å². The third kappa shape index (κ3) is 11.7. The normalized spacial score (nSPS) is 13.4. The number of unbranched alkanes of at least 4 members (excludes halogenated alkanes) is 9. The Hall–Kier alpha value is -9.24. The van der Waals surface area contributed by atoms with Gasteiger partial charge < -0.3 is 9.47 Å². The molecule has 0 amide bonds. The first kappa shape index (κ1) is 60.7. The van der Waals surface area contributed by atoms with E-state index in [9.17, 15) is 0 Å². The van der Waals surface area contributed by atoms with Crippen molar-refractivity contribution in [1.82, 2.24) is 4.57 Å². The summed E-state index contributed by atoms with van der Waals surface area (Å²) in [5, 5.41) is 8.53. The second-order valence-corrected chi connectivity index (χ2v) is 28.5. The lowest BCUT2D eigenvalue weighted by atomic mass is 9.70. The fourth-order valence-electron chi connectivity index (χ4n) is 17.2. The molecule has 0 aliphatic heterocycles. The molecule has 0 atom stereocenters. The van der Waals surface area contributed by atoms with Crippen molar-refractivity contribution in [2.45, 2.75) is 161 Å². The number of fused-ring (bicyclic) bond motifs is 12. The maximum Gasteiger partial charge on any atom is 0.0547 e. The standard InChI is InChI=1S/C93H90N2/c1-4-5-6-11-22-66-34-46-78(47-35-66)95-91-30-19-18-29-87(91)88-56-41-70(63-92(88)95)68-38-50-77(51-39-68)94(75-44-31-64(2)32-45-75)76-48-36-67(37-49-76)69-40-55-86-85-52-33-65(3)59-89(85)93(90(86)62-69,57-20-9-7-12-23-71-60-73-42-53-81(73)83-27-16-14-25-79(71)83)58-21-10-8-13-24-72-61-74-43-54-82(74)84-28-17-15-26-80(72)84/h14-19,25-41,44-52,55-56,59-63H,4-13,20-24,42-43,53-54,57-58H2,1-3H3. The second kappa shape index (κ2) is 26.5. The van der Waals surface area contributed by atoms with Gasteiger partial charge in [-0.3, -0.25) is 0 Å². The van der Waals surface area contributed by atoms with Crippen molar-refractivity contribution in [3.05, 3.63) is 298 Å². The summed E-state index contributed by atoms with van der Waals surface area (Å²) >= 11 is 0. The molecule has 0 fully saturated rings. The fraction of sp³-hybridized carbons (Fsp3) is 0.269. The minimum absolute atomic E-state index is 0.0412. The molecule has 2 nitrogen and oxygen atoms in total. The molecule has 3 aliphatic carbocycles. The lowest BCUT2D eigenvalue weighted by Gasteiger charge is -2.33. The SMILES string of the molecule is CCCCCCc1ccc(-n2c3ccccc3c3ccc(-c4ccc(N(c5ccc(C)cc5)c5ccc(-c6ccc7c(c6)C(CCCCCCc6cc8c(c9ccccc69)CC8)(CCCCCCc6cc8c(c9ccccc69)CC8)c6cc(C)ccc6-7)cc5)cc4)cc32)cc1. The Labute approximate surface area is 564 Å². The van der Waals surface area contributed by atoms with Crippen LogP contribution in [0.2, 0.25) is 0 Å². The smallest absolute Gasteiger partial charge is 0.0547 e. The number of hydrogen-bond donors (Lipinski definition) is 0. The molecule has 0 radical (unpaired) electrons. The Morgan fingerprint density at radius 3 is 1.39 bits per heavy atom. The highest BCUT2D eigenvalue weighted by Crippen LogP contribution is 2.56. The van der Waals surface area contributed by atoms with E-state index in [4.69, 9.17) is 0 Å². The second-order valence-electron chi connectivity index (χ2n) is 28.5. The van der Waals surface area contributed by atoms with Crippen LogP contribution in [0.3, 0.4) is 0 Å². The summed E-state index contributed by atoms with van der Waals surface area (Å²) in [4.78, 5) is 2.42. The molecule has 16 rings (SSSR count). The third-order valence-corrected chi connectivity index (χ3v) is 22.5. The van der Waals surface area contributed by atoms with Gasteiger partial charge in [0, 0.05) is 38.9 Å². The van der Waals surface area contributed by atoms with Gasteiger partial charge in [-0.1, -0.05) is 246 Å². The Bertz CT molecular complexity index is 4830.